The third-order valence-corrected chi connectivity index (χ3v) is 4.24. The summed E-state index contributed by atoms with van der Waals surface area (Å²) in [5.74, 6) is 0.255. The van der Waals surface area contributed by atoms with Gasteiger partial charge in [-0.3, -0.25) is 9.05 Å². The molecule has 110 valence electrons. The fraction of sp³-hybridized carbons (Fsp3) is 0.417. The van der Waals surface area contributed by atoms with Crippen molar-refractivity contribution in [1.82, 2.24) is 0 Å². The molecule has 0 amide bonds. The van der Waals surface area contributed by atoms with Crippen molar-refractivity contribution in [2.24, 2.45) is 4.99 Å². The van der Waals surface area contributed by atoms with Gasteiger partial charge in [0.05, 0.1) is 31.1 Å². The fourth-order valence-corrected chi connectivity index (χ4v) is 3.03. The molecule has 1 heterocycles. The zero-order valence-electron chi connectivity index (χ0n) is 11.3. The fourth-order valence-electron chi connectivity index (χ4n) is 1.68. The van der Waals surface area contributed by atoms with Crippen molar-refractivity contribution in [3.8, 4) is 0 Å². The minimum atomic E-state index is -3.61. The van der Waals surface area contributed by atoms with E-state index in [-0.39, 0.29) is 25.7 Å². The molecule has 0 atom stereocenters. The van der Waals surface area contributed by atoms with Crippen molar-refractivity contribution < 1.29 is 18.1 Å². The number of phosphoric ester groups is 1. The number of phosphoric acid groups is 1. The summed E-state index contributed by atoms with van der Waals surface area (Å²) in [4.78, 5) is 4.28. The van der Waals surface area contributed by atoms with Crippen LogP contribution in [0.15, 0.2) is 23.2 Å². The van der Waals surface area contributed by atoms with Gasteiger partial charge in [0.25, 0.3) is 0 Å². The maximum absolute atomic E-state index is 12.3. The third kappa shape index (κ3) is 3.73. The minimum absolute atomic E-state index is 0.226. The van der Waals surface area contributed by atoms with Gasteiger partial charge in [0.15, 0.2) is 0 Å². The number of benzene rings is 1. The van der Waals surface area contributed by atoms with E-state index in [2.05, 4.69) is 10.3 Å². The Morgan fingerprint density at radius 3 is 2.70 bits per heavy atom. The molecule has 20 heavy (non-hydrogen) atoms. The highest BCUT2D eigenvalue weighted by atomic mass is 35.5. The van der Waals surface area contributed by atoms with Gasteiger partial charge in [-0.05, 0) is 32.0 Å². The molecule has 0 aromatic heterocycles. The van der Waals surface area contributed by atoms with E-state index in [0.29, 0.717) is 10.7 Å². The molecule has 1 N–H and O–H groups in total. The number of fused-ring (bicyclic) bond motifs is 1. The zero-order chi connectivity index (χ0) is 14.6. The maximum Gasteiger partial charge on any atom is 0.531 e. The quantitative estimate of drug-likeness (QED) is 0.831. The molecule has 0 fully saturated rings. The lowest BCUT2D eigenvalue weighted by molar-refractivity contribution is 0.164. The number of aliphatic imine (C=N–C) groups is 1. The van der Waals surface area contributed by atoms with Gasteiger partial charge in [0.1, 0.15) is 0 Å². The molecule has 0 spiro atoms. The van der Waals surface area contributed by atoms with Crippen LogP contribution in [0.5, 0.6) is 0 Å². The second-order valence-electron chi connectivity index (χ2n) is 3.89. The molecule has 0 bridgehead atoms. The molecule has 1 aliphatic heterocycles. The number of hydrogen-bond donors (Lipinski definition) is 1. The van der Waals surface area contributed by atoms with Gasteiger partial charge in [-0.15, -0.1) is 0 Å². The predicted octanol–water partition coefficient (Wildman–Crippen LogP) is 3.99. The first-order valence-electron chi connectivity index (χ1n) is 6.26. The smallest absolute Gasteiger partial charge is 0.388 e. The van der Waals surface area contributed by atoms with Gasteiger partial charge in [-0.1, -0.05) is 11.6 Å². The first-order chi connectivity index (χ1) is 9.56. The zero-order valence-corrected chi connectivity index (χ0v) is 12.9. The molecule has 1 aromatic rings. The molecule has 2 rings (SSSR count). The van der Waals surface area contributed by atoms with Crippen LogP contribution in [-0.2, 0) is 18.1 Å². The van der Waals surface area contributed by atoms with E-state index in [1.807, 2.05) is 0 Å². The van der Waals surface area contributed by atoms with Crippen molar-refractivity contribution in [2.45, 2.75) is 13.8 Å². The molecule has 0 saturated carbocycles. The molecule has 0 unspecified atom stereocenters. The molecule has 1 aliphatic rings. The molecule has 8 heteroatoms. The van der Waals surface area contributed by atoms with Crippen LogP contribution in [0.25, 0.3) is 0 Å². The lowest BCUT2D eigenvalue weighted by Gasteiger charge is -2.21. The maximum atomic E-state index is 12.3. The van der Waals surface area contributed by atoms with Crippen LogP contribution in [0.2, 0.25) is 5.02 Å². The summed E-state index contributed by atoms with van der Waals surface area (Å²) < 4.78 is 27.7. The van der Waals surface area contributed by atoms with Gasteiger partial charge in [0, 0.05) is 5.02 Å². The van der Waals surface area contributed by atoms with Gasteiger partial charge in [-0.2, -0.15) is 0 Å². The first-order valence-corrected chi connectivity index (χ1v) is 8.10. The van der Waals surface area contributed by atoms with Crippen molar-refractivity contribution in [3.63, 3.8) is 0 Å². The lowest BCUT2D eigenvalue weighted by atomic mass is 10.2. The van der Waals surface area contributed by atoms with Crippen molar-refractivity contribution in [1.29, 1.82) is 0 Å². The molecule has 0 radical (unpaired) electrons. The van der Waals surface area contributed by atoms with Gasteiger partial charge >= 0.3 is 7.82 Å². The van der Waals surface area contributed by atoms with Crippen LogP contribution in [-0.4, -0.2) is 25.7 Å². The summed E-state index contributed by atoms with van der Waals surface area (Å²) in [6, 6.07) is 5.24. The summed E-state index contributed by atoms with van der Waals surface area (Å²) in [6.45, 7) is 4.17. The van der Waals surface area contributed by atoms with Crippen LogP contribution in [0.3, 0.4) is 0 Å². The first kappa shape index (κ1) is 15.3. The Morgan fingerprint density at radius 1 is 1.35 bits per heavy atom. The summed E-state index contributed by atoms with van der Waals surface area (Å²) >= 11 is 5.90. The minimum Gasteiger partial charge on any atom is -0.388 e. The summed E-state index contributed by atoms with van der Waals surface area (Å²) in [6.07, 6.45) is 0. The molecule has 0 aliphatic carbocycles. The van der Waals surface area contributed by atoms with Crippen molar-refractivity contribution in [2.75, 3.05) is 25.1 Å². The Kier molecular flexibility index (Phi) is 5.05. The topological polar surface area (TPSA) is 69.2 Å². The monoisotopic (exact) mass is 318 g/mol. The molecule has 0 saturated heterocycles. The molecular formula is C12H16ClN2O4P. The Balaban J connectivity index is 2.18. The van der Waals surface area contributed by atoms with Crippen LogP contribution >= 0.6 is 19.4 Å². The highest BCUT2D eigenvalue weighted by Crippen LogP contribution is 2.50. The van der Waals surface area contributed by atoms with Gasteiger partial charge < -0.3 is 9.84 Å². The van der Waals surface area contributed by atoms with E-state index in [1.165, 1.54) is 0 Å². The molecule has 1 aromatic carbocycles. The number of nitrogens with one attached hydrogen (secondary N) is 1. The highest BCUT2D eigenvalue weighted by molar-refractivity contribution is 7.49. The largest absolute Gasteiger partial charge is 0.531 e. The average Bonchev–Trinajstić information content (AvgIpc) is 2.39. The number of halogens is 1. The Morgan fingerprint density at radius 2 is 2.05 bits per heavy atom. The lowest BCUT2D eigenvalue weighted by Crippen LogP contribution is -2.20. The summed E-state index contributed by atoms with van der Waals surface area (Å²) in [5, 5.41) is 3.70. The molecule has 6 nitrogen and oxygen atoms in total. The molecular weight excluding hydrogens is 303 g/mol. The summed E-state index contributed by atoms with van der Waals surface area (Å²) in [7, 11) is -3.61. The third-order valence-electron chi connectivity index (χ3n) is 2.43. The Bertz CT molecular complexity index is 554. The summed E-state index contributed by atoms with van der Waals surface area (Å²) in [5.41, 5.74) is 1.46. The van der Waals surface area contributed by atoms with Crippen LogP contribution in [0.4, 0.5) is 11.4 Å². The standard InChI is InChI=1S/C12H16ClN2O4P/c1-3-17-20(16,18-4-2)19-12-8-14-11-7-9(13)5-6-10(11)15-12/h5-7,14H,3-4,8H2,1-2H3. The van der Waals surface area contributed by atoms with Crippen molar-refractivity contribution in [3.05, 3.63) is 23.2 Å². The Labute approximate surface area is 122 Å². The van der Waals surface area contributed by atoms with Crippen LogP contribution in [0.1, 0.15) is 13.8 Å². The second kappa shape index (κ2) is 6.59. The van der Waals surface area contributed by atoms with Gasteiger partial charge in [0.2, 0.25) is 5.90 Å². The normalized spacial score (nSPS) is 14.2. The number of hydrogen-bond acceptors (Lipinski definition) is 6. The van der Waals surface area contributed by atoms with E-state index < -0.39 is 7.82 Å². The van der Waals surface area contributed by atoms with Crippen LogP contribution < -0.4 is 5.32 Å². The second-order valence-corrected chi connectivity index (χ2v) is 5.92. The predicted molar refractivity (Wildman–Crippen MR) is 79.0 cm³/mol. The van der Waals surface area contributed by atoms with Gasteiger partial charge in [-0.25, -0.2) is 9.56 Å². The number of rotatable bonds is 5. The van der Waals surface area contributed by atoms with Crippen LogP contribution in [0, 0.1) is 0 Å². The van der Waals surface area contributed by atoms with Crippen molar-refractivity contribution >= 4 is 36.7 Å². The Hall–Kier alpha value is -1.07. The number of nitrogens with zero attached hydrogens (tertiary/aromatic N) is 1. The highest BCUT2D eigenvalue weighted by Gasteiger charge is 2.30. The number of anilines is 1. The average molecular weight is 319 g/mol. The van der Waals surface area contributed by atoms with E-state index in [9.17, 15) is 4.57 Å². The SMILES string of the molecule is CCOP(=O)(OCC)OC1=Nc2ccc(Cl)cc2NC1. The van der Waals surface area contributed by atoms with E-state index in [1.54, 1.807) is 32.0 Å². The van der Waals surface area contributed by atoms with E-state index in [4.69, 9.17) is 25.2 Å². The van der Waals surface area contributed by atoms with E-state index in [0.717, 1.165) is 5.69 Å². The van der Waals surface area contributed by atoms with E-state index >= 15 is 0 Å².